The van der Waals surface area contributed by atoms with Crippen LogP contribution >= 0.6 is 22.9 Å². The molecule has 15 rings (SSSR count). The van der Waals surface area contributed by atoms with Gasteiger partial charge >= 0.3 is 0 Å². The van der Waals surface area contributed by atoms with Crippen LogP contribution in [0.3, 0.4) is 0 Å². The second kappa shape index (κ2) is 14.3. The van der Waals surface area contributed by atoms with E-state index >= 15 is 0 Å². The normalized spacial score (nSPS) is 12.2. The van der Waals surface area contributed by atoms with Crippen LogP contribution in [0.2, 0.25) is 5.28 Å². The number of nitrogens with one attached hydrogen (secondary N) is 1. The lowest BCUT2D eigenvalue weighted by Crippen LogP contribution is -1.97. The first-order chi connectivity index (χ1) is 33.6. The van der Waals surface area contributed by atoms with Crippen molar-refractivity contribution in [3.8, 4) is 45.0 Å². The van der Waals surface area contributed by atoms with E-state index in [1.54, 1.807) is 0 Å². The van der Waals surface area contributed by atoms with Crippen LogP contribution in [0.5, 0.6) is 0 Å². The number of halogens is 1. The second-order valence-electron chi connectivity index (χ2n) is 17.7. The van der Waals surface area contributed by atoms with Crippen LogP contribution in [-0.4, -0.2) is 19.9 Å². The Balaban J connectivity index is 0.837. The monoisotopic (exact) mass is 904 g/mol. The van der Waals surface area contributed by atoms with Gasteiger partial charge in [0.15, 0.2) is 11.6 Å². The van der Waals surface area contributed by atoms with Crippen molar-refractivity contribution in [1.29, 1.82) is 0 Å². The molecule has 5 nitrogen and oxygen atoms in total. The SMILES string of the molecule is Clc1nc(-c2ccc3ccccc3c2)nc(-c2ccc3c(c2)oc2ccc(-c4cccc5c4ccc4sc6c(-c7cccc8c7[nH]c7c9ccccc9c9ccccc9c87)cccc6c45)cc23)n1. The number of para-hydroxylation sites is 1. The van der Waals surface area contributed by atoms with Crippen molar-refractivity contribution in [2.24, 2.45) is 0 Å². The molecule has 4 heterocycles. The van der Waals surface area contributed by atoms with Crippen LogP contribution in [-0.2, 0) is 0 Å². The number of hydrogen-bond acceptors (Lipinski definition) is 5. The van der Waals surface area contributed by atoms with Crippen LogP contribution in [0.15, 0.2) is 199 Å². The number of nitrogens with zero attached hydrogens (tertiary/aromatic N) is 3. The topological polar surface area (TPSA) is 67.6 Å². The van der Waals surface area contributed by atoms with Gasteiger partial charge in [0.1, 0.15) is 11.2 Å². The highest BCUT2D eigenvalue weighted by Gasteiger charge is 2.20. The Morgan fingerprint density at radius 1 is 0.382 bits per heavy atom. The maximum atomic E-state index is 6.53. The minimum absolute atomic E-state index is 0.140. The van der Waals surface area contributed by atoms with Crippen molar-refractivity contribution in [2.45, 2.75) is 0 Å². The van der Waals surface area contributed by atoms with E-state index in [9.17, 15) is 0 Å². The largest absolute Gasteiger partial charge is 0.456 e. The van der Waals surface area contributed by atoms with Gasteiger partial charge in [0.2, 0.25) is 5.28 Å². The highest BCUT2D eigenvalue weighted by atomic mass is 35.5. The van der Waals surface area contributed by atoms with Gasteiger partial charge in [-0.2, -0.15) is 9.97 Å². The van der Waals surface area contributed by atoms with Crippen LogP contribution in [0.1, 0.15) is 0 Å². The van der Waals surface area contributed by atoms with E-state index in [1.165, 1.54) is 91.0 Å². The van der Waals surface area contributed by atoms with Gasteiger partial charge < -0.3 is 9.40 Å². The molecule has 0 aliphatic carbocycles. The summed E-state index contributed by atoms with van der Waals surface area (Å²) in [5.74, 6) is 1.01. The fraction of sp³-hybridized carbons (Fsp3) is 0. The first-order valence-electron chi connectivity index (χ1n) is 22.7. The molecule has 11 aromatic carbocycles. The maximum Gasteiger partial charge on any atom is 0.226 e. The predicted molar refractivity (Wildman–Crippen MR) is 286 cm³/mol. The number of aromatic amines is 1. The van der Waals surface area contributed by atoms with Gasteiger partial charge in [0, 0.05) is 69.4 Å². The molecule has 0 bridgehead atoms. The van der Waals surface area contributed by atoms with E-state index in [1.807, 2.05) is 41.7 Å². The van der Waals surface area contributed by atoms with Gasteiger partial charge in [-0.05, 0) is 96.8 Å². The number of thiophene rings is 1. The number of rotatable bonds is 4. The van der Waals surface area contributed by atoms with Gasteiger partial charge in [-0.15, -0.1) is 11.3 Å². The average Bonchev–Trinajstić information content (AvgIpc) is 4.10. The van der Waals surface area contributed by atoms with Crippen molar-refractivity contribution in [3.63, 3.8) is 0 Å². The highest BCUT2D eigenvalue weighted by Crippen LogP contribution is 2.47. The van der Waals surface area contributed by atoms with Gasteiger partial charge in [-0.3, -0.25) is 0 Å². The smallest absolute Gasteiger partial charge is 0.226 e. The molecule has 0 saturated carbocycles. The van der Waals surface area contributed by atoms with E-state index < -0.39 is 0 Å². The molecule has 15 aromatic rings. The molecule has 7 heteroatoms. The molecule has 4 aromatic heterocycles. The molecule has 0 fully saturated rings. The lowest BCUT2D eigenvalue weighted by atomic mass is 9.94. The molecule has 0 unspecified atom stereocenters. The van der Waals surface area contributed by atoms with Gasteiger partial charge in [-0.1, -0.05) is 158 Å². The Morgan fingerprint density at radius 2 is 1.01 bits per heavy atom. The van der Waals surface area contributed by atoms with Crippen molar-refractivity contribution >= 4 is 130 Å². The third-order valence-corrected chi connectivity index (χ3v) is 15.4. The summed E-state index contributed by atoms with van der Waals surface area (Å²) in [7, 11) is 0. The van der Waals surface area contributed by atoms with Crippen LogP contribution in [0.25, 0.3) is 152 Å². The van der Waals surface area contributed by atoms with Gasteiger partial charge in [0.05, 0.1) is 11.0 Å². The zero-order chi connectivity index (χ0) is 44.6. The third-order valence-electron chi connectivity index (χ3n) is 14.0. The van der Waals surface area contributed by atoms with E-state index in [4.69, 9.17) is 21.0 Å². The molecule has 316 valence electrons. The quantitative estimate of drug-likeness (QED) is 0.179. The number of hydrogen-bond donors (Lipinski definition) is 1. The zero-order valence-corrected chi connectivity index (χ0v) is 37.6. The Hall–Kier alpha value is -8.42. The molecular weight excluding hydrogens is 872 g/mol. The summed E-state index contributed by atoms with van der Waals surface area (Å²) in [6, 6.07) is 69.5. The number of H-pyrrole nitrogens is 1. The summed E-state index contributed by atoms with van der Waals surface area (Å²) in [4.78, 5) is 17.9. The zero-order valence-electron chi connectivity index (χ0n) is 36.0. The molecule has 0 amide bonds. The maximum absolute atomic E-state index is 6.53. The minimum atomic E-state index is 0.140. The molecule has 0 aliphatic rings. The average molecular weight is 905 g/mol. The molecular formula is C61H33ClN4OS. The van der Waals surface area contributed by atoms with E-state index in [2.05, 4.69) is 179 Å². The fourth-order valence-electron chi connectivity index (χ4n) is 10.9. The van der Waals surface area contributed by atoms with Crippen molar-refractivity contribution in [1.82, 2.24) is 19.9 Å². The first-order valence-corrected chi connectivity index (χ1v) is 23.9. The molecule has 0 aliphatic heterocycles. The van der Waals surface area contributed by atoms with Crippen molar-refractivity contribution in [2.75, 3.05) is 0 Å². The molecule has 68 heavy (non-hydrogen) atoms. The summed E-state index contributed by atoms with van der Waals surface area (Å²) in [6.07, 6.45) is 0. The molecule has 1 N–H and O–H groups in total. The number of fused-ring (bicyclic) bond motifs is 17. The summed E-state index contributed by atoms with van der Waals surface area (Å²) in [5, 5.41) is 17.1. The number of aromatic nitrogens is 4. The summed E-state index contributed by atoms with van der Waals surface area (Å²) in [5.41, 5.74) is 10.4. The van der Waals surface area contributed by atoms with Crippen LogP contribution in [0.4, 0.5) is 0 Å². The van der Waals surface area contributed by atoms with E-state index in [0.717, 1.165) is 49.4 Å². The highest BCUT2D eigenvalue weighted by molar-refractivity contribution is 7.26. The first kappa shape index (κ1) is 37.8. The Labute approximate surface area is 396 Å². The van der Waals surface area contributed by atoms with Gasteiger partial charge in [-0.25, -0.2) is 4.98 Å². The minimum Gasteiger partial charge on any atom is -0.456 e. The lowest BCUT2D eigenvalue weighted by Gasteiger charge is -2.09. The van der Waals surface area contributed by atoms with E-state index in [-0.39, 0.29) is 5.28 Å². The standard InChI is InChI=1S/C61H33ClN4OS/c62-61-65-59(36-23-22-33-10-1-2-11-34(33)30-36)64-60(66-61)37-24-26-42-50-31-35(25-28-51(50)67-52(42)32-37)38-16-7-17-43-41(38)27-29-53-54(43)49-21-9-19-47(58(49)68-53)46-18-8-20-48-55-44-14-5-3-12-39(44)40-13-4-6-15-45(40)57(55)63-56(46)48/h1-32,63H. The Kier molecular flexibility index (Phi) is 7.94. The second-order valence-corrected chi connectivity index (χ2v) is 19.0. The molecule has 0 saturated heterocycles. The van der Waals surface area contributed by atoms with Gasteiger partial charge in [0.25, 0.3) is 0 Å². The fourth-order valence-corrected chi connectivity index (χ4v) is 12.3. The summed E-state index contributed by atoms with van der Waals surface area (Å²) >= 11 is 8.41. The number of benzene rings is 11. The van der Waals surface area contributed by atoms with Crippen molar-refractivity contribution in [3.05, 3.63) is 199 Å². The molecule has 0 spiro atoms. The summed E-state index contributed by atoms with van der Waals surface area (Å²) in [6.45, 7) is 0. The van der Waals surface area contributed by atoms with Crippen LogP contribution in [0, 0.1) is 0 Å². The Morgan fingerprint density at radius 3 is 1.87 bits per heavy atom. The van der Waals surface area contributed by atoms with Crippen LogP contribution < -0.4 is 0 Å². The Bertz CT molecular complexity index is 4660. The lowest BCUT2D eigenvalue weighted by molar-refractivity contribution is 0.669. The number of furan rings is 1. The third kappa shape index (κ3) is 5.53. The summed E-state index contributed by atoms with van der Waals surface area (Å²) < 4.78 is 9.07. The molecule has 0 atom stereocenters. The predicted octanol–water partition coefficient (Wildman–Crippen LogP) is 17.7. The van der Waals surface area contributed by atoms with Crippen molar-refractivity contribution < 1.29 is 4.42 Å². The van der Waals surface area contributed by atoms with E-state index in [0.29, 0.717) is 11.6 Å². The molecule has 0 radical (unpaired) electrons.